The molecule has 0 spiro atoms. The van der Waals surface area contributed by atoms with Crippen LogP contribution in [0.4, 0.5) is 0 Å². The van der Waals surface area contributed by atoms with Gasteiger partial charge in [0.1, 0.15) is 6.73 Å². The number of carbonyl (C=O) groups is 1. The lowest BCUT2D eigenvalue weighted by Crippen LogP contribution is -2.22. The molecule has 0 saturated carbocycles. The molecule has 1 amide bonds. The van der Waals surface area contributed by atoms with E-state index >= 15 is 0 Å². The van der Waals surface area contributed by atoms with E-state index in [0.717, 1.165) is 23.9 Å². The summed E-state index contributed by atoms with van der Waals surface area (Å²) in [7, 11) is -1.04. The predicted molar refractivity (Wildman–Crippen MR) is 72.2 cm³/mol. The maximum absolute atomic E-state index is 11.5. The van der Waals surface area contributed by atoms with Crippen LogP contribution in [0.15, 0.2) is 0 Å². The van der Waals surface area contributed by atoms with Gasteiger partial charge < -0.3 is 10.1 Å². The standard InChI is InChI=1S/C12H21N3O2Si/c1-9-10-7-13-12(16)11(10)14-15(9)8-17-5-6-18(2,3)4/h5-8H2,1-4H3,(H,13,16). The van der Waals surface area contributed by atoms with Gasteiger partial charge in [0.15, 0.2) is 5.69 Å². The highest BCUT2D eigenvalue weighted by Crippen LogP contribution is 2.18. The smallest absolute Gasteiger partial charge is 0.272 e. The molecule has 2 heterocycles. The van der Waals surface area contributed by atoms with E-state index in [-0.39, 0.29) is 5.91 Å². The van der Waals surface area contributed by atoms with Crippen LogP contribution in [-0.4, -0.2) is 30.4 Å². The minimum Gasteiger partial charge on any atom is -0.360 e. The van der Waals surface area contributed by atoms with Crippen LogP contribution in [0.5, 0.6) is 0 Å². The van der Waals surface area contributed by atoms with Crippen molar-refractivity contribution < 1.29 is 9.53 Å². The Hall–Kier alpha value is -1.14. The molecule has 0 aliphatic carbocycles. The van der Waals surface area contributed by atoms with Crippen LogP contribution in [-0.2, 0) is 18.0 Å². The molecular weight excluding hydrogens is 246 g/mol. The summed E-state index contributed by atoms with van der Waals surface area (Å²) in [5.41, 5.74) is 2.59. The number of ether oxygens (including phenoxy) is 1. The molecule has 6 heteroatoms. The number of hydrogen-bond acceptors (Lipinski definition) is 3. The summed E-state index contributed by atoms with van der Waals surface area (Å²) < 4.78 is 7.44. The lowest BCUT2D eigenvalue weighted by Gasteiger charge is -2.15. The van der Waals surface area contributed by atoms with Crippen LogP contribution >= 0.6 is 0 Å². The Labute approximate surface area is 109 Å². The molecule has 1 aromatic rings. The third-order valence-electron chi connectivity index (χ3n) is 3.18. The van der Waals surface area contributed by atoms with Gasteiger partial charge in [0.05, 0.1) is 0 Å². The van der Waals surface area contributed by atoms with Crippen molar-refractivity contribution in [2.24, 2.45) is 0 Å². The third kappa shape index (κ3) is 2.81. The monoisotopic (exact) mass is 267 g/mol. The van der Waals surface area contributed by atoms with E-state index in [1.807, 2.05) is 6.92 Å². The first kappa shape index (κ1) is 13.3. The van der Waals surface area contributed by atoms with Crippen molar-refractivity contribution in [3.8, 4) is 0 Å². The minimum atomic E-state index is -1.04. The molecule has 2 rings (SSSR count). The number of aromatic nitrogens is 2. The van der Waals surface area contributed by atoms with E-state index in [0.29, 0.717) is 19.0 Å². The zero-order valence-electron chi connectivity index (χ0n) is 11.5. The molecule has 0 aromatic carbocycles. The number of amides is 1. The van der Waals surface area contributed by atoms with Crippen LogP contribution < -0.4 is 5.32 Å². The first-order chi connectivity index (χ1) is 8.38. The number of hydrogen-bond donors (Lipinski definition) is 1. The quantitative estimate of drug-likeness (QED) is 0.653. The average molecular weight is 267 g/mol. The maximum Gasteiger partial charge on any atom is 0.272 e. The molecular formula is C12H21N3O2Si. The molecule has 1 aliphatic rings. The van der Waals surface area contributed by atoms with Gasteiger partial charge in [-0.05, 0) is 13.0 Å². The normalized spacial score (nSPS) is 14.8. The number of rotatable bonds is 5. The fourth-order valence-electron chi connectivity index (χ4n) is 1.88. The topological polar surface area (TPSA) is 56.2 Å². The second kappa shape index (κ2) is 4.85. The summed E-state index contributed by atoms with van der Waals surface area (Å²) in [5, 5.41) is 7.07. The summed E-state index contributed by atoms with van der Waals surface area (Å²) in [6.07, 6.45) is 0. The molecule has 0 fully saturated rings. The van der Waals surface area contributed by atoms with E-state index in [1.54, 1.807) is 4.68 Å². The number of nitrogens with zero attached hydrogens (tertiary/aromatic N) is 2. The van der Waals surface area contributed by atoms with E-state index < -0.39 is 8.07 Å². The van der Waals surface area contributed by atoms with Crippen molar-refractivity contribution in [1.82, 2.24) is 15.1 Å². The average Bonchev–Trinajstić information content (AvgIpc) is 2.76. The third-order valence-corrected chi connectivity index (χ3v) is 4.89. The summed E-state index contributed by atoms with van der Waals surface area (Å²) in [6, 6.07) is 1.15. The Morgan fingerprint density at radius 2 is 2.17 bits per heavy atom. The first-order valence-electron chi connectivity index (χ1n) is 6.31. The highest BCUT2D eigenvalue weighted by Gasteiger charge is 2.26. The van der Waals surface area contributed by atoms with Crippen molar-refractivity contribution in [2.75, 3.05) is 6.61 Å². The van der Waals surface area contributed by atoms with Crippen LogP contribution in [0.25, 0.3) is 0 Å². The van der Waals surface area contributed by atoms with Crippen molar-refractivity contribution in [3.63, 3.8) is 0 Å². The maximum atomic E-state index is 11.5. The molecule has 0 atom stereocenters. The molecule has 0 radical (unpaired) electrons. The summed E-state index contributed by atoms with van der Waals surface area (Å²) in [6.45, 7) is 10.8. The van der Waals surface area contributed by atoms with Gasteiger partial charge in [-0.25, -0.2) is 4.68 Å². The molecule has 0 unspecified atom stereocenters. The zero-order chi connectivity index (χ0) is 13.3. The highest BCUT2D eigenvalue weighted by atomic mass is 28.3. The largest absolute Gasteiger partial charge is 0.360 e. The predicted octanol–water partition coefficient (Wildman–Crippen LogP) is 1.75. The minimum absolute atomic E-state index is 0.0750. The Bertz CT molecular complexity index is 463. The van der Waals surface area contributed by atoms with Crippen molar-refractivity contribution in [3.05, 3.63) is 17.0 Å². The molecule has 1 N–H and O–H groups in total. The first-order valence-corrected chi connectivity index (χ1v) is 10.0. The Morgan fingerprint density at radius 3 is 2.78 bits per heavy atom. The highest BCUT2D eigenvalue weighted by molar-refractivity contribution is 6.76. The van der Waals surface area contributed by atoms with Gasteiger partial charge in [0.2, 0.25) is 0 Å². The lowest BCUT2D eigenvalue weighted by molar-refractivity contribution is 0.0760. The van der Waals surface area contributed by atoms with Gasteiger partial charge in [-0.2, -0.15) is 5.10 Å². The molecule has 18 heavy (non-hydrogen) atoms. The fraction of sp³-hybridized carbons (Fsp3) is 0.667. The van der Waals surface area contributed by atoms with Gasteiger partial charge >= 0.3 is 0 Å². The molecule has 1 aliphatic heterocycles. The van der Waals surface area contributed by atoms with Crippen LogP contribution in [0.2, 0.25) is 25.7 Å². The molecule has 5 nitrogen and oxygen atoms in total. The Kier molecular flexibility index (Phi) is 3.58. The van der Waals surface area contributed by atoms with Gasteiger partial charge in [-0.15, -0.1) is 0 Å². The SMILES string of the molecule is Cc1c2c(nn1COCC[Si](C)(C)C)C(=O)NC2. The zero-order valence-corrected chi connectivity index (χ0v) is 12.5. The van der Waals surface area contributed by atoms with Crippen molar-refractivity contribution in [2.45, 2.75) is 45.9 Å². The summed E-state index contributed by atoms with van der Waals surface area (Å²) in [4.78, 5) is 11.5. The Balaban J connectivity index is 1.91. The van der Waals surface area contributed by atoms with E-state index in [9.17, 15) is 4.79 Å². The van der Waals surface area contributed by atoms with Gasteiger partial charge in [-0.1, -0.05) is 19.6 Å². The number of fused-ring (bicyclic) bond motifs is 1. The molecule has 100 valence electrons. The van der Waals surface area contributed by atoms with Gasteiger partial charge in [-0.3, -0.25) is 4.79 Å². The van der Waals surface area contributed by atoms with Crippen LogP contribution in [0, 0.1) is 6.92 Å². The molecule has 0 saturated heterocycles. The van der Waals surface area contributed by atoms with Gasteiger partial charge in [0.25, 0.3) is 5.91 Å². The van der Waals surface area contributed by atoms with E-state index in [2.05, 4.69) is 30.1 Å². The summed E-state index contributed by atoms with van der Waals surface area (Å²) in [5.74, 6) is -0.0750. The lowest BCUT2D eigenvalue weighted by atomic mass is 10.2. The Morgan fingerprint density at radius 1 is 1.44 bits per heavy atom. The second-order valence-corrected chi connectivity index (χ2v) is 11.6. The van der Waals surface area contributed by atoms with Gasteiger partial charge in [0, 0.05) is 32.5 Å². The van der Waals surface area contributed by atoms with Crippen LogP contribution in [0.1, 0.15) is 21.7 Å². The number of carbonyl (C=O) groups excluding carboxylic acids is 1. The van der Waals surface area contributed by atoms with E-state index in [4.69, 9.17) is 4.74 Å². The fourth-order valence-corrected chi connectivity index (χ4v) is 2.64. The van der Waals surface area contributed by atoms with Crippen LogP contribution in [0.3, 0.4) is 0 Å². The second-order valence-electron chi connectivity index (χ2n) is 5.94. The molecule has 1 aromatic heterocycles. The van der Waals surface area contributed by atoms with Crippen molar-refractivity contribution in [1.29, 1.82) is 0 Å². The summed E-state index contributed by atoms with van der Waals surface area (Å²) >= 11 is 0. The van der Waals surface area contributed by atoms with E-state index in [1.165, 1.54) is 0 Å². The van der Waals surface area contributed by atoms with Crippen molar-refractivity contribution >= 4 is 14.0 Å². The molecule has 0 bridgehead atoms. The number of nitrogens with one attached hydrogen (secondary N) is 1.